The Hall–Kier alpha value is -3.87. The molecule has 0 amide bonds. The van der Waals surface area contributed by atoms with Gasteiger partial charge in [0.05, 0.1) is 17.1 Å². The van der Waals surface area contributed by atoms with Gasteiger partial charge < -0.3 is 0 Å². The molecule has 7 heteroatoms. The van der Waals surface area contributed by atoms with Crippen molar-refractivity contribution in [3.05, 3.63) is 130 Å². The van der Waals surface area contributed by atoms with E-state index in [1.54, 1.807) is 0 Å². The van der Waals surface area contributed by atoms with Gasteiger partial charge in [0.2, 0.25) is 10.8 Å². The van der Waals surface area contributed by atoms with E-state index in [1.165, 1.54) is 11.8 Å². The van der Waals surface area contributed by atoms with Crippen molar-refractivity contribution in [2.24, 2.45) is 10.2 Å². The minimum atomic E-state index is -0.994. The summed E-state index contributed by atoms with van der Waals surface area (Å²) in [6.07, 6.45) is 0.758. The summed E-state index contributed by atoms with van der Waals surface area (Å²) >= 11 is 8.04. The number of Topliss-reactive ketones (excluding diaryl/α,β-unsaturated/α-hetero) is 1. The molecule has 0 N–H and O–H groups in total. The zero-order valence-electron chi connectivity index (χ0n) is 21.0. The van der Waals surface area contributed by atoms with E-state index in [-0.39, 0.29) is 5.78 Å². The third kappa shape index (κ3) is 3.83. The maximum Gasteiger partial charge on any atom is 0.234 e. The quantitative estimate of drug-likeness (QED) is 0.244. The van der Waals surface area contributed by atoms with E-state index in [4.69, 9.17) is 21.8 Å². The minimum Gasteiger partial charge on any atom is -0.286 e. The summed E-state index contributed by atoms with van der Waals surface area (Å²) in [6, 6.07) is 33.4. The molecule has 2 heterocycles. The lowest BCUT2D eigenvalue weighted by molar-refractivity contribution is 0.106. The molecule has 1 spiro atoms. The van der Waals surface area contributed by atoms with Crippen molar-refractivity contribution in [1.29, 1.82) is 0 Å². The Labute approximate surface area is 231 Å². The van der Waals surface area contributed by atoms with Crippen molar-refractivity contribution in [3.63, 3.8) is 0 Å². The average molecular weight is 537 g/mol. The van der Waals surface area contributed by atoms with Crippen LogP contribution in [0.25, 0.3) is 0 Å². The molecule has 2 aliphatic rings. The van der Waals surface area contributed by atoms with Gasteiger partial charge in [0, 0.05) is 21.7 Å². The highest BCUT2D eigenvalue weighted by Gasteiger charge is 2.56. The molecule has 4 aromatic carbocycles. The van der Waals surface area contributed by atoms with E-state index in [0.29, 0.717) is 15.6 Å². The smallest absolute Gasteiger partial charge is 0.234 e. The molecule has 1 atom stereocenters. The molecule has 5 nitrogen and oxygen atoms in total. The van der Waals surface area contributed by atoms with Gasteiger partial charge in [-0.25, -0.2) is 10.0 Å². The van der Waals surface area contributed by atoms with Crippen LogP contribution in [-0.2, 0) is 4.99 Å². The predicted molar refractivity (Wildman–Crippen MR) is 158 cm³/mol. The van der Waals surface area contributed by atoms with E-state index in [1.807, 2.05) is 108 Å². The maximum atomic E-state index is 13.8. The molecule has 38 heavy (non-hydrogen) atoms. The Morgan fingerprint density at radius 2 is 1.53 bits per heavy atom. The maximum absolute atomic E-state index is 13.8. The molecule has 0 fully saturated rings. The van der Waals surface area contributed by atoms with Gasteiger partial charge in [0.25, 0.3) is 0 Å². The molecular formula is C31H25ClN4OS. The normalized spacial score (nSPS) is 18.3. The van der Waals surface area contributed by atoms with Crippen LogP contribution >= 0.6 is 23.4 Å². The second-order valence-electron chi connectivity index (χ2n) is 9.10. The number of hydrogen-bond acceptors (Lipinski definition) is 6. The zero-order valence-corrected chi connectivity index (χ0v) is 22.6. The second kappa shape index (κ2) is 9.78. The van der Waals surface area contributed by atoms with Gasteiger partial charge >= 0.3 is 0 Å². The Balaban J connectivity index is 1.64. The van der Waals surface area contributed by atoms with Gasteiger partial charge in [0.1, 0.15) is 0 Å². The van der Waals surface area contributed by atoms with Crippen molar-refractivity contribution < 1.29 is 4.79 Å². The molecule has 0 unspecified atom stereocenters. The number of fused-ring (bicyclic) bond motifs is 2. The Morgan fingerprint density at radius 1 is 0.842 bits per heavy atom. The number of carbonyl (C=O) groups is 1. The zero-order chi connectivity index (χ0) is 26.3. The van der Waals surface area contributed by atoms with Gasteiger partial charge in [0.15, 0.2) is 5.04 Å². The molecule has 0 saturated heterocycles. The van der Waals surface area contributed by atoms with Gasteiger partial charge in [-0.3, -0.25) is 4.79 Å². The third-order valence-electron chi connectivity index (χ3n) is 6.85. The van der Waals surface area contributed by atoms with Crippen molar-refractivity contribution in [2.45, 2.75) is 25.3 Å². The topological polar surface area (TPSA) is 48.3 Å². The van der Waals surface area contributed by atoms with Crippen LogP contribution in [-0.4, -0.2) is 16.5 Å². The van der Waals surface area contributed by atoms with Crippen molar-refractivity contribution >= 4 is 51.3 Å². The first kappa shape index (κ1) is 24.5. The lowest BCUT2D eigenvalue weighted by Crippen LogP contribution is -2.54. The fraction of sp³-hybridized carbons (Fsp3) is 0.129. The van der Waals surface area contributed by atoms with E-state index < -0.39 is 4.99 Å². The number of anilines is 2. The molecule has 0 radical (unpaired) electrons. The van der Waals surface area contributed by atoms with Crippen LogP contribution in [0, 0.1) is 6.92 Å². The number of para-hydroxylation sites is 1. The average Bonchev–Trinajstić information content (AvgIpc) is 3.36. The highest BCUT2D eigenvalue weighted by atomic mass is 35.5. The molecule has 2 aliphatic heterocycles. The summed E-state index contributed by atoms with van der Waals surface area (Å²) in [5, 5.41) is 15.2. The molecular weight excluding hydrogens is 512 g/mol. The molecule has 0 aromatic heterocycles. The van der Waals surface area contributed by atoms with Crippen LogP contribution in [0.4, 0.5) is 11.4 Å². The number of benzene rings is 4. The fourth-order valence-corrected chi connectivity index (χ4v) is 6.46. The van der Waals surface area contributed by atoms with Crippen LogP contribution < -0.4 is 10.0 Å². The van der Waals surface area contributed by atoms with Crippen molar-refractivity contribution in [2.75, 3.05) is 10.0 Å². The van der Waals surface area contributed by atoms with Crippen LogP contribution in [0.2, 0.25) is 5.02 Å². The lowest BCUT2D eigenvalue weighted by Gasteiger charge is -2.47. The number of ketones is 1. The van der Waals surface area contributed by atoms with Crippen LogP contribution in [0.3, 0.4) is 0 Å². The minimum absolute atomic E-state index is 0.132. The number of halogens is 1. The number of hydrazone groups is 2. The molecule has 4 aromatic rings. The van der Waals surface area contributed by atoms with E-state index in [0.717, 1.165) is 40.2 Å². The van der Waals surface area contributed by atoms with Gasteiger partial charge in [-0.05, 0) is 54.9 Å². The number of rotatable bonds is 5. The highest BCUT2D eigenvalue weighted by Crippen LogP contribution is 2.55. The van der Waals surface area contributed by atoms with Gasteiger partial charge in [-0.15, -0.1) is 0 Å². The number of nitrogens with zero attached hydrogens (tertiary/aromatic N) is 4. The predicted octanol–water partition coefficient (Wildman–Crippen LogP) is 7.84. The second-order valence-corrected chi connectivity index (χ2v) is 10.7. The molecule has 0 saturated carbocycles. The molecule has 6 rings (SSSR count). The standard InChI is InChI=1S/C31H25ClN4OS/c1-3-27-24-17-10-11-18-25(24)31(35(33-27)23-15-8-5-9-16-23)36(28-20-12-19-26(32)21(28)2)34-30(38-31)29(37)22-13-6-4-7-14-22/h4-20H,3H2,1-2H3/t31-/m1/s1. The number of carbonyl (C=O) groups excluding carboxylic acids is 1. The Kier molecular flexibility index (Phi) is 6.30. The number of hydrogen-bond donors (Lipinski definition) is 0. The SMILES string of the molecule is CCC1=NN(c2ccccc2)[C@]2(SC(C(=O)c3ccccc3)=NN2c2cccc(Cl)c2C)c2ccccc21. The molecule has 0 bridgehead atoms. The molecule has 0 aliphatic carbocycles. The monoisotopic (exact) mass is 536 g/mol. The van der Waals surface area contributed by atoms with Crippen LogP contribution in [0.15, 0.2) is 113 Å². The first-order valence-corrected chi connectivity index (χ1v) is 13.7. The Morgan fingerprint density at radius 3 is 2.26 bits per heavy atom. The third-order valence-corrected chi connectivity index (χ3v) is 8.57. The summed E-state index contributed by atoms with van der Waals surface area (Å²) < 4.78 is 0. The summed E-state index contributed by atoms with van der Waals surface area (Å²) in [5.41, 5.74) is 6.21. The lowest BCUT2D eigenvalue weighted by atomic mass is 9.96. The van der Waals surface area contributed by atoms with Gasteiger partial charge in [-0.2, -0.15) is 10.2 Å². The number of thioether (sulfide) groups is 1. The van der Waals surface area contributed by atoms with Crippen LogP contribution in [0.1, 0.15) is 40.4 Å². The summed E-state index contributed by atoms with van der Waals surface area (Å²) in [4.78, 5) is 12.8. The highest BCUT2D eigenvalue weighted by molar-refractivity contribution is 8.17. The van der Waals surface area contributed by atoms with E-state index in [9.17, 15) is 4.79 Å². The van der Waals surface area contributed by atoms with Gasteiger partial charge in [-0.1, -0.05) is 97.4 Å². The summed E-state index contributed by atoms with van der Waals surface area (Å²) in [5.74, 6) is -0.132. The van der Waals surface area contributed by atoms with E-state index >= 15 is 0 Å². The Bertz CT molecular complexity index is 1590. The van der Waals surface area contributed by atoms with Crippen molar-refractivity contribution in [1.82, 2.24) is 0 Å². The molecule has 188 valence electrons. The van der Waals surface area contributed by atoms with Crippen molar-refractivity contribution in [3.8, 4) is 0 Å². The summed E-state index contributed by atoms with van der Waals surface area (Å²) in [6.45, 7) is 4.09. The first-order chi connectivity index (χ1) is 18.5. The van der Waals surface area contributed by atoms with Crippen LogP contribution in [0.5, 0.6) is 0 Å². The largest absolute Gasteiger partial charge is 0.286 e. The first-order valence-electron chi connectivity index (χ1n) is 12.5. The summed E-state index contributed by atoms with van der Waals surface area (Å²) in [7, 11) is 0. The fourth-order valence-electron chi connectivity index (χ4n) is 4.94. The van der Waals surface area contributed by atoms with E-state index in [2.05, 4.69) is 19.1 Å².